The van der Waals surface area contributed by atoms with Crippen molar-refractivity contribution in [3.8, 4) is 5.00 Å². The molecule has 2 aliphatic rings. The van der Waals surface area contributed by atoms with Crippen LogP contribution in [0.25, 0.3) is 5.00 Å². The molecule has 2 aromatic heterocycles. The Balaban J connectivity index is 1.66. The van der Waals surface area contributed by atoms with Crippen LogP contribution < -0.4 is 5.32 Å². The van der Waals surface area contributed by atoms with Gasteiger partial charge in [-0.1, -0.05) is 19.3 Å². The van der Waals surface area contributed by atoms with E-state index in [1.807, 2.05) is 0 Å². The number of hydrogen-bond acceptors (Lipinski definition) is 5. The summed E-state index contributed by atoms with van der Waals surface area (Å²) < 4.78 is 1.62. The molecule has 2 heterocycles. The molecule has 0 atom stereocenters. The van der Waals surface area contributed by atoms with Crippen molar-refractivity contribution in [2.75, 3.05) is 0 Å². The smallest absolute Gasteiger partial charge is 0.254 e. The van der Waals surface area contributed by atoms with E-state index < -0.39 is 0 Å². The summed E-state index contributed by atoms with van der Waals surface area (Å²) in [4.78, 5) is 14.2. The summed E-state index contributed by atoms with van der Waals surface area (Å²) in [5, 5.41) is 15.5. The third-order valence-corrected chi connectivity index (χ3v) is 5.91. The predicted molar refractivity (Wildman–Crippen MR) is 83.4 cm³/mol. The van der Waals surface area contributed by atoms with E-state index in [4.69, 9.17) is 0 Å². The Morgan fingerprint density at radius 3 is 2.86 bits per heavy atom. The Kier molecular flexibility index (Phi) is 3.65. The highest BCUT2D eigenvalue weighted by Crippen LogP contribution is 2.37. The summed E-state index contributed by atoms with van der Waals surface area (Å²) in [6.45, 7) is 0. The second-order valence-corrected chi connectivity index (χ2v) is 7.18. The van der Waals surface area contributed by atoms with Crippen molar-refractivity contribution in [1.29, 1.82) is 0 Å². The topological polar surface area (TPSA) is 72.7 Å². The van der Waals surface area contributed by atoms with Gasteiger partial charge in [0.05, 0.1) is 5.56 Å². The van der Waals surface area contributed by atoms with Crippen LogP contribution in [0.3, 0.4) is 0 Å². The molecule has 1 saturated carbocycles. The largest absolute Gasteiger partial charge is 0.349 e. The van der Waals surface area contributed by atoms with Gasteiger partial charge in [0, 0.05) is 10.9 Å². The van der Waals surface area contributed by atoms with Gasteiger partial charge in [0.15, 0.2) is 0 Å². The van der Waals surface area contributed by atoms with Crippen LogP contribution in [0.2, 0.25) is 0 Å². The molecule has 0 spiro atoms. The lowest BCUT2D eigenvalue weighted by Gasteiger charge is -2.23. The molecule has 0 bridgehead atoms. The number of thiophene rings is 1. The second-order valence-electron chi connectivity index (χ2n) is 6.10. The number of aryl methyl sites for hydroxylation is 1. The fourth-order valence-electron chi connectivity index (χ4n) is 3.54. The fourth-order valence-corrected chi connectivity index (χ4v) is 4.85. The number of rotatable bonds is 3. The molecule has 22 heavy (non-hydrogen) atoms. The molecule has 2 aliphatic carbocycles. The van der Waals surface area contributed by atoms with Crippen molar-refractivity contribution >= 4 is 17.2 Å². The minimum absolute atomic E-state index is 0.0526. The third-order valence-electron chi connectivity index (χ3n) is 4.63. The third kappa shape index (κ3) is 2.43. The van der Waals surface area contributed by atoms with Crippen LogP contribution in [0.15, 0.2) is 6.33 Å². The summed E-state index contributed by atoms with van der Waals surface area (Å²) in [5.74, 6) is 0.0526. The van der Waals surface area contributed by atoms with Crippen molar-refractivity contribution in [3.05, 3.63) is 22.3 Å². The van der Waals surface area contributed by atoms with Crippen molar-refractivity contribution in [3.63, 3.8) is 0 Å². The first kappa shape index (κ1) is 13.9. The van der Waals surface area contributed by atoms with Crippen LogP contribution >= 0.6 is 11.3 Å². The maximum absolute atomic E-state index is 12.9. The molecule has 4 rings (SSSR count). The Labute approximate surface area is 132 Å². The number of carbonyl (C=O) groups is 1. The molecule has 0 aromatic carbocycles. The normalized spacial score (nSPS) is 18.4. The SMILES string of the molecule is O=C(NC1CCCCC1)c1c(-n2cnnn2)sc2c1CCC2. The number of nitrogens with zero attached hydrogens (tertiary/aromatic N) is 4. The highest BCUT2D eigenvalue weighted by atomic mass is 32.1. The van der Waals surface area contributed by atoms with Gasteiger partial charge in [-0.15, -0.1) is 16.4 Å². The van der Waals surface area contributed by atoms with Gasteiger partial charge in [0.1, 0.15) is 11.3 Å². The Bertz CT molecular complexity index is 672. The average molecular weight is 317 g/mol. The molecule has 1 fully saturated rings. The van der Waals surface area contributed by atoms with Crippen LogP contribution in [-0.2, 0) is 12.8 Å². The van der Waals surface area contributed by atoms with Gasteiger partial charge >= 0.3 is 0 Å². The fraction of sp³-hybridized carbons (Fsp3) is 0.600. The van der Waals surface area contributed by atoms with E-state index in [1.54, 1.807) is 22.3 Å². The maximum atomic E-state index is 12.9. The molecule has 0 radical (unpaired) electrons. The van der Waals surface area contributed by atoms with Crippen LogP contribution in [0.5, 0.6) is 0 Å². The van der Waals surface area contributed by atoms with Crippen LogP contribution in [0.4, 0.5) is 0 Å². The van der Waals surface area contributed by atoms with E-state index in [0.29, 0.717) is 6.04 Å². The van der Waals surface area contributed by atoms with Gasteiger partial charge in [-0.2, -0.15) is 4.68 Å². The maximum Gasteiger partial charge on any atom is 0.254 e. The van der Waals surface area contributed by atoms with Gasteiger partial charge in [-0.3, -0.25) is 4.79 Å². The van der Waals surface area contributed by atoms with Crippen LogP contribution in [-0.4, -0.2) is 32.2 Å². The molecule has 6 nitrogen and oxygen atoms in total. The molecule has 116 valence electrons. The lowest BCUT2D eigenvalue weighted by atomic mass is 9.95. The molecule has 1 N–H and O–H groups in total. The molecule has 0 aliphatic heterocycles. The van der Waals surface area contributed by atoms with Gasteiger partial charge < -0.3 is 5.32 Å². The monoisotopic (exact) mass is 317 g/mol. The molecular weight excluding hydrogens is 298 g/mol. The summed E-state index contributed by atoms with van der Waals surface area (Å²) >= 11 is 1.66. The Hall–Kier alpha value is -1.76. The van der Waals surface area contributed by atoms with E-state index in [9.17, 15) is 4.79 Å². The van der Waals surface area contributed by atoms with E-state index >= 15 is 0 Å². The first-order valence-electron chi connectivity index (χ1n) is 8.01. The van der Waals surface area contributed by atoms with Gasteiger partial charge in [0.2, 0.25) is 0 Å². The number of carbonyl (C=O) groups excluding carboxylic acids is 1. The second kappa shape index (κ2) is 5.79. The number of fused-ring (bicyclic) bond motifs is 1. The highest BCUT2D eigenvalue weighted by molar-refractivity contribution is 7.15. The van der Waals surface area contributed by atoms with E-state index in [0.717, 1.165) is 42.7 Å². The van der Waals surface area contributed by atoms with E-state index in [-0.39, 0.29) is 5.91 Å². The van der Waals surface area contributed by atoms with Gasteiger partial charge in [0.25, 0.3) is 5.91 Å². The minimum Gasteiger partial charge on any atom is -0.349 e. The van der Waals surface area contributed by atoms with Crippen molar-refractivity contribution in [1.82, 2.24) is 25.5 Å². The van der Waals surface area contributed by atoms with Crippen LogP contribution in [0.1, 0.15) is 59.3 Å². The molecule has 1 amide bonds. The van der Waals surface area contributed by atoms with Crippen molar-refractivity contribution in [2.45, 2.75) is 57.4 Å². The number of tetrazole rings is 1. The molecule has 0 unspecified atom stereocenters. The first-order valence-corrected chi connectivity index (χ1v) is 8.83. The molecule has 7 heteroatoms. The lowest BCUT2D eigenvalue weighted by molar-refractivity contribution is 0.0927. The summed E-state index contributed by atoms with van der Waals surface area (Å²) in [6.07, 6.45) is 10.7. The zero-order valence-corrected chi connectivity index (χ0v) is 13.2. The highest BCUT2D eigenvalue weighted by Gasteiger charge is 2.29. The number of aromatic nitrogens is 4. The Morgan fingerprint density at radius 2 is 2.09 bits per heavy atom. The van der Waals surface area contributed by atoms with Crippen molar-refractivity contribution < 1.29 is 4.79 Å². The first-order chi connectivity index (χ1) is 10.8. The number of hydrogen-bond donors (Lipinski definition) is 1. The van der Waals surface area contributed by atoms with Gasteiger partial charge in [-0.05, 0) is 48.1 Å². The number of amides is 1. The quantitative estimate of drug-likeness (QED) is 0.942. The van der Waals surface area contributed by atoms with E-state index in [1.165, 1.54) is 29.7 Å². The van der Waals surface area contributed by atoms with Gasteiger partial charge in [-0.25, -0.2) is 0 Å². The summed E-state index contributed by atoms with van der Waals surface area (Å²) in [7, 11) is 0. The summed E-state index contributed by atoms with van der Waals surface area (Å²) in [6, 6.07) is 0.319. The summed E-state index contributed by atoms with van der Waals surface area (Å²) in [5.41, 5.74) is 2.01. The molecular formula is C15H19N5OS. The predicted octanol–water partition coefficient (Wildman–Crippen LogP) is 2.28. The molecule has 2 aromatic rings. The Morgan fingerprint density at radius 1 is 1.23 bits per heavy atom. The number of nitrogens with one attached hydrogen (secondary N) is 1. The van der Waals surface area contributed by atoms with Crippen molar-refractivity contribution in [2.24, 2.45) is 0 Å². The van der Waals surface area contributed by atoms with Crippen LogP contribution in [0, 0.1) is 0 Å². The minimum atomic E-state index is 0.0526. The standard InChI is InChI=1S/C15H19N5OS/c21-14(17-10-5-2-1-3-6-10)13-11-7-4-8-12(11)22-15(13)20-9-16-18-19-20/h9-10H,1-8H2,(H,17,21). The zero-order valence-electron chi connectivity index (χ0n) is 12.4. The average Bonchev–Trinajstić information content (AvgIpc) is 3.24. The van der Waals surface area contributed by atoms with E-state index in [2.05, 4.69) is 20.8 Å². The zero-order chi connectivity index (χ0) is 14.9. The molecule has 0 saturated heterocycles. The lowest BCUT2D eigenvalue weighted by Crippen LogP contribution is -2.36.